The van der Waals surface area contributed by atoms with Crippen LogP contribution in [0, 0.1) is 10.1 Å². The van der Waals surface area contributed by atoms with Gasteiger partial charge in [-0.2, -0.15) is 0 Å². The van der Waals surface area contributed by atoms with Crippen molar-refractivity contribution in [3.63, 3.8) is 0 Å². The third-order valence-electron chi connectivity index (χ3n) is 5.22. The number of thioether (sulfide) groups is 1. The molecule has 0 spiro atoms. The second kappa shape index (κ2) is 8.23. The third-order valence-corrected chi connectivity index (χ3v) is 6.61. The second-order valence-electron chi connectivity index (χ2n) is 7.91. The van der Waals surface area contributed by atoms with Crippen molar-refractivity contribution >= 4 is 17.6 Å². The molecule has 0 bridgehead atoms. The van der Waals surface area contributed by atoms with Crippen LogP contribution in [0.4, 0.5) is 19.0 Å². The topological polar surface area (TPSA) is 82.7 Å². The van der Waals surface area contributed by atoms with Crippen molar-refractivity contribution in [3.8, 4) is 11.8 Å². The fourth-order valence-corrected chi connectivity index (χ4v) is 5.15. The Morgan fingerprint density at radius 3 is 2.71 bits per heavy atom. The number of piperidine rings is 1. The van der Waals surface area contributed by atoms with E-state index in [0.29, 0.717) is 18.0 Å². The number of nitro groups is 1. The highest BCUT2D eigenvalue weighted by Crippen LogP contribution is 2.39. The molecule has 2 aromatic rings. The van der Waals surface area contributed by atoms with E-state index in [1.165, 1.54) is 30.1 Å². The molecule has 0 N–H and O–H groups in total. The van der Waals surface area contributed by atoms with Gasteiger partial charge in [-0.1, -0.05) is 12.1 Å². The summed E-state index contributed by atoms with van der Waals surface area (Å²) in [5, 5.41) is 11.0. The van der Waals surface area contributed by atoms with Gasteiger partial charge in [0.25, 0.3) is 0 Å². The van der Waals surface area contributed by atoms with E-state index < -0.39 is 16.9 Å². The first kappa shape index (κ1) is 21.8. The number of rotatable bonds is 6. The predicted molar refractivity (Wildman–Crippen MR) is 106 cm³/mol. The lowest BCUT2D eigenvalue weighted by Crippen LogP contribution is -2.47. The van der Waals surface area contributed by atoms with Gasteiger partial charge >= 0.3 is 18.2 Å². The largest absolute Gasteiger partial charge is 0.573 e. The zero-order chi connectivity index (χ0) is 22.2. The van der Waals surface area contributed by atoms with Crippen molar-refractivity contribution in [1.82, 2.24) is 14.5 Å². The fourth-order valence-electron chi connectivity index (χ4n) is 3.96. The number of fused-ring (bicyclic) bond motifs is 1. The van der Waals surface area contributed by atoms with E-state index in [0.717, 1.165) is 25.9 Å². The number of likely N-dealkylation sites (tertiary alicyclic amines) is 1. The van der Waals surface area contributed by atoms with Crippen LogP contribution in [0.1, 0.15) is 19.8 Å². The molecule has 8 nitrogen and oxygen atoms in total. The highest BCUT2D eigenvalue weighted by Gasteiger charge is 2.42. The van der Waals surface area contributed by atoms with Crippen LogP contribution in [0.5, 0.6) is 11.8 Å². The number of hydrogen-bond acceptors (Lipinski definition) is 7. The lowest BCUT2D eigenvalue weighted by Gasteiger charge is -2.36. The van der Waals surface area contributed by atoms with Gasteiger partial charge in [0.05, 0.1) is 11.4 Å². The molecular formula is C19H21F3N4O4S. The van der Waals surface area contributed by atoms with Crippen LogP contribution in [0.15, 0.2) is 35.4 Å². The summed E-state index contributed by atoms with van der Waals surface area (Å²) < 4.78 is 49.6. The van der Waals surface area contributed by atoms with Crippen LogP contribution in [-0.2, 0) is 6.54 Å². The van der Waals surface area contributed by atoms with Gasteiger partial charge in [-0.05, 0) is 49.9 Å². The van der Waals surface area contributed by atoms with Gasteiger partial charge in [0.1, 0.15) is 17.5 Å². The maximum atomic E-state index is 12.6. The SMILES string of the molecule is CC1(CN2CCC(Sc3ccccc3OC(F)(F)F)CC2)Cn2cc([N+](=O)[O-])nc2O1. The first-order valence-electron chi connectivity index (χ1n) is 9.75. The third kappa shape index (κ3) is 5.24. The molecule has 1 aromatic carbocycles. The smallest absolute Gasteiger partial charge is 0.436 e. The minimum Gasteiger partial charge on any atom is -0.436 e. The number of nitrogens with zero attached hydrogens (tertiary/aromatic N) is 4. The number of para-hydroxylation sites is 1. The Bertz CT molecular complexity index is 936. The summed E-state index contributed by atoms with van der Waals surface area (Å²) >= 11 is 1.41. The summed E-state index contributed by atoms with van der Waals surface area (Å²) in [5.74, 6) is -0.400. The molecule has 12 heteroatoms. The summed E-state index contributed by atoms with van der Waals surface area (Å²) in [7, 11) is 0. The summed E-state index contributed by atoms with van der Waals surface area (Å²) in [6, 6.07) is 6.45. The Hall–Kier alpha value is -2.47. The normalized spacial score (nSPS) is 22.2. The van der Waals surface area contributed by atoms with Crippen molar-refractivity contribution in [1.29, 1.82) is 0 Å². The molecule has 3 heterocycles. The van der Waals surface area contributed by atoms with Gasteiger partial charge in [-0.3, -0.25) is 9.47 Å². The molecule has 1 unspecified atom stereocenters. The summed E-state index contributed by atoms with van der Waals surface area (Å²) in [5.41, 5.74) is -0.537. The van der Waals surface area contributed by atoms with Crippen molar-refractivity contribution < 1.29 is 27.6 Å². The Labute approximate surface area is 180 Å². The molecule has 1 atom stereocenters. The molecule has 1 aromatic heterocycles. The van der Waals surface area contributed by atoms with Crippen LogP contribution in [0.25, 0.3) is 0 Å². The molecule has 31 heavy (non-hydrogen) atoms. The highest BCUT2D eigenvalue weighted by molar-refractivity contribution is 8.00. The second-order valence-corrected chi connectivity index (χ2v) is 9.25. The zero-order valence-electron chi connectivity index (χ0n) is 16.7. The van der Waals surface area contributed by atoms with E-state index in [1.807, 2.05) is 6.92 Å². The number of aromatic nitrogens is 2. The van der Waals surface area contributed by atoms with E-state index in [4.69, 9.17) is 4.74 Å². The van der Waals surface area contributed by atoms with Gasteiger partial charge < -0.3 is 19.6 Å². The van der Waals surface area contributed by atoms with Crippen molar-refractivity contribution in [2.45, 2.75) is 48.4 Å². The highest BCUT2D eigenvalue weighted by atomic mass is 32.2. The summed E-state index contributed by atoms with van der Waals surface area (Å²) in [6.45, 7) is 4.61. The minimum absolute atomic E-state index is 0.169. The number of alkyl halides is 3. The fraction of sp³-hybridized carbons (Fsp3) is 0.526. The zero-order valence-corrected chi connectivity index (χ0v) is 17.5. The van der Waals surface area contributed by atoms with Crippen LogP contribution in [-0.4, -0.2) is 56.2 Å². The monoisotopic (exact) mass is 458 g/mol. The quantitative estimate of drug-likeness (QED) is 0.476. The van der Waals surface area contributed by atoms with Gasteiger partial charge in [0.2, 0.25) is 0 Å². The molecule has 4 rings (SSSR count). The molecule has 1 fully saturated rings. The summed E-state index contributed by atoms with van der Waals surface area (Å²) in [4.78, 5) is 16.9. The van der Waals surface area contributed by atoms with Crippen molar-refractivity contribution in [2.75, 3.05) is 19.6 Å². The molecule has 2 aliphatic heterocycles. The van der Waals surface area contributed by atoms with Crippen molar-refractivity contribution in [2.24, 2.45) is 0 Å². The Kier molecular flexibility index (Phi) is 5.77. The first-order chi connectivity index (χ1) is 14.6. The van der Waals surface area contributed by atoms with Gasteiger partial charge in [-0.15, -0.1) is 24.9 Å². The molecule has 0 amide bonds. The number of ether oxygens (including phenoxy) is 2. The average Bonchev–Trinajstić information content (AvgIpc) is 3.19. The van der Waals surface area contributed by atoms with E-state index in [-0.39, 0.29) is 22.8 Å². The molecule has 0 radical (unpaired) electrons. The molecule has 168 valence electrons. The van der Waals surface area contributed by atoms with Gasteiger partial charge in [0.15, 0.2) is 0 Å². The van der Waals surface area contributed by atoms with E-state index in [2.05, 4.69) is 14.6 Å². The van der Waals surface area contributed by atoms with E-state index in [9.17, 15) is 23.3 Å². The lowest BCUT2D eigenvalue weighted by atomic mass is 10.0. The molecule has 2 aliphatic rings. The van der Waals surface area contributed by atoms with E-state index >= 15 is 0 Å². The Morgan fingerprint density at radius 2 is 2.06 bits per heavy atom. The lowest BCUT2D eigenvalue weighted by molar-refractivity contribution is -0.389. The molecule has 0 saturated carbocycles. The Balaban J connectivity index is 1.30. The maximum Gasteiger partial charge on any atom is 0.573 e. The van der Waals surface area contributed by atoms with Crippen molar-refractivity contribution in [3.05, 3.63) is 40.6 Å². The minimum atomic E-state index is -4.72. The Morgan fingerprint density at radius 1 is 1.35 bits per heavy atom. The van der Waals surface area contributed by atoms with Gasteiger partial charge in [-0.25, -0.2) is 0 Å². The standard InChI is InChI=1S/C19H21F3N4O4S/c1-18(12-25-10-16(26(27)28)23-17(25)30-18)11-24-8-6-13(7-9-24)31-15-5-3-2-4-14(15)29-19(20,21)22/h2-5,10,13H,6-9,11-12H2,1H3. The number of benzene rings is 1. The number of imidazole rings is 1. The number of hydrogen-bond donors (Lipinski definition) is 0. The predicted octanol–water partition coefficient (Wildman–Crippen LogP) is 4.10. The maximum absolute atomic E-state index is 12.6. The van der Waals surface area contributed by atoms with Crippen LogP contribution in [0.2, 0.25) is 0 Å². The van der Waals surface area contributed by atoms with E-state index in [1.54, 1.807) is 16.7 Å². The van der Waals surface area contributed by atoms with Gasteiger partial charge in [0, 0.05) is 16.8 Å². The average molecular weight is 458 g/mol. The summed E-state index contributed by atoms with van der Waals surface area (Å²) in [6.07, 6.45) is -1.71. The molecule has 0 aliphatic carbocycles. The van der Waals surface area contributed by atoms with Crippen LogP contribution in [0.3, 0.4) is 0 Å². The molecular weight excluding hydrogens is 437 g/mol. The van der Waals surface area contributed by atoms with Crippen LogP contribution < -0.4 is 9.47 Å². The number of halogens is 3. The molecule has 1 saturated heterocycles. The first-order valence-corrected chi connectivity index (χ1v) is 10.6. The van der Waals surface area contributed by atoms with Crippen LogP contribution >= 0.6 is 11.8 Å².